The van der Waals surface area contributed by atoms with Crippen LogP contribution in [0.25, 0.3) is 0 Å². The summed E-state index contributed by atoms with van der Waals surface area (Å²) in [7, 11) is 0. The van der Waals surface area contributed by atoms with Crippen LogP contribution in [0.2, 0.25) is 0 Å². The standard InChI is InChI=1S/C13H20N4O3/c1-8-4-3-5-10(9(8)2)14-12(18)7-17-6-11(13(19)20)15-16-17/h6,8-10H,3-5,7H2,1-2H3,(H,14,18)(H,19,20). The Morgan fingerprint density at radius 1 is 1.45 bits per heavy atom. The summed E-state index contributed by atoms with van der Waals surface area (Å²) in [6, 6.07) is 0.189. The van der Waals surface area contributed by atoms with Crippen molar-refractivity contribution in [3.05, 3.63) is 11.9 Å². The Bertz CT molecular complexity index is 500. The lowest BCUT2D eigenvalue weighted by molar-refractivity contribution is -0.123. The highest BCUT2D eigenvalue weighted by Gasteiger charge is 2.28. The molecular weight excluding hydrogens is 260 g/mol. The maximum atomic E-state index is 12.0. The van der Waals surface area contributed by atoms with Crippen molar-refractivity contribution >= 4 is 11.9 Å². The molecule has 2 rings (SSSR count). The third kappa shape index (κ3) is 3.34. The fraction of sp³-hybridized carbons (Fsp3) is 0.692. The van der Waals surface area contributed by atoms with Crippen molar-refractivity contribution < 1.29 is 14.7 Å². The van der Waals surface area contributed by atoms with Gasteiger partial charge in [0.25, 0.3) is 0 Å². The number of rotatable bonds is 4. The SMILES string of the molecule is CC1CCCC(NC(=O)Cn2cc(C(=O)O)nn2)C1C. The second-order valence-corrected chi connectivity index (χ2v) is 5.55. The van der Waals surface area contributed by atoms with Crippen molar-refractivity contribution in [3.8, 4) is 0 Å². The zero-order valence-corrected chi connectivity index (χ0v) is 11.7. The molecule has 1 fully saturated rings. The van der Waals surface area contributed by atoms with Gasteiger partial charge < -0.3 is 10.4 Å². The first-order valence-electron chi connectivity index (χ1n) is 6.90. The molecule has 0 aliphatic heterocycles. The van der Waals surface area contributed by atoms with Gasteiger partial charge in [-0.25, -0.2) is 9.48 Å². The molecule has 3 unspecified atom stereocenters. The van der Waals surface area contributed by atoms with Gasteiger partial charge in [0.1, 0.15) is 6.54 Å². The summed E-state index contributed by atoms with van der Waals surface area (Å²) in [6.07, 6.45) is 4.59. The normalized spacial score (nSPS) is 26.2. The van der Waals surface area contributed by atoms with Crippen molar-refractivity contribution in [2.75, 3.05) is 0 Å². The molecule has 3 atom stereocenters. The Balaban J connectivity index is 1.90. The van der Waals surface area contributed by atoms with Crippen LogP contribution >= 0.6 is 0 Å². The number of carboxylic acid groups (broad SMARTS) is 1. The molecule has 1 amide bonds. The van der Waals surface area contributed by atoms with Crippen molar-refractivity contribution in [2.24, 2.45) is 11.8 Å². The molecule has 1 aliphatic rings. The zero-order valence-electron chi connectivity index (χ0n) is 11.7. The molecule has 7 heteroatoms. The van der Waals surface area contributed by atoms with Gasteiger partial charge in [-0.15, -0.1) is 5.10 Å². The first kappa shape index (κ1) is 14.5. The summed E-state index contributed by atoms with van der Waals surface area (Å²) in [5, 5.41) is 18.9. The molecule has 7 nitrogen and oxygen atoms in total. The molecule has 0 radical (unpaired) electrons. The summed E-state index contributed by atoms with van der Waals surface area (Å²) < 4.78 is 1.25. The number of hydrogen-bond acceptors (Lipinski definition) is 4. The minimum absolute atomic E-state index is 0.00210. The number of aromatic carboxylic acids is 1. The van der Waals surface area contributed by atoms with E-state index in [4.69, 9.17) is 5.11 Å². The molecule has 0 saturated heterocycles. The Hall–Kier alpha value is -1.92. The van der Waals surface area contributed by atoms with E-state index in [1.165, 1.54) is 17.3 Å². The summed E-state index contributed by atoms with van der Waals surface area (Å²) in [6.45, 7) is 4.37. The highest BCUT2D eigenvalue weighted by molar-refractivity contribution is 5.84. The van der Waals surface area contributed by atoms with Gasteiger partial charge in [-0.1, -0.05) is 31.9 Å². The monoisotopic (exact) mass is 280 g/mol. The van der Waals surface area contributed by atoms with E-state index in [-0.39, 0.29) is 24.2 Å². The third-order valence-corrected chi connectivity index (χ3v) is 4.12. The molecule has 0 spiro atoms. The lowest BCUT2D eigenvalue weighted by atomic mass is 9.78. The van der Waals surface area contributed by atoms with Gasteiger partial charge >= 0.3 is 5.97 Å². The number of carbonyl (C=O) groups excluding carboxylic acids is 1. The molecule has 110 valence electrons. The average Bonchev–Trinajstić information content (AvgIpc) is 2.83. The zero-order chi connectivity index (χ0) is 14.7. The predicted octanol–water partition coefficient (Wildman–Crippen LogP) is 0.917. The van der Waals surface area contributed by atoms with Crippen LogP contribution in [0.5, 0.6) is 0 Å². The first-order chi connectivity index (χ1) is 9.47. The van der Waals surface area contributed by atoms with E-state index in [0.29, 0.717) is 11.8 Å². The van der Waals surface area contributed by atoms with Gasteiger partial charge in [0.05, 0.1) is 6.20 Å². The van der Waals surface area contributed by atoms with Gasteiger partial charge in [-0.2, -0.15) is 0 Å². The van der Waals surface area contributed by atoms with Crippen LogP contribution in [-0.2, 0) is 11.3 Å². The van der Waals surface area contributed by atoms with Gasteiger partial charge in [0.2, 0.25) is 5.91 Å². The highest BCUT2D eigenvalue weighted by Crippen LogP contribution is 2.29. The smallest absolute Gasteiger partial charge is 0.358 e. The maximum absolute atomic E-state index is 12.0. The molecular formula is C13H20N4O3. The lowest BCUT2D eigenvalue weighted by Gasteiger charge is -2.34. The number of amides is 1. The van der Waals surface area contributed by atoms with E-state index in [1.54, 1.807) is 0 Å². The second-order valence-electron chi connectivity index (χ2n) is 5.55. The van der Waals surface area contributed by atoms with E-state index in [9.17, 15) is 9.59 Å². The minimum Gasteiger partial charge on any atom is -0.476 e. The Labute approximate surface area is 117 Å². The van der Waals surface area contributed by atoms with Crippen molar-refractivity contribution in [3.63, 3.8) is 0 Å². The summed E-state index contributed by atoms with van der Waals surface area (Å²) in [5.41, 5.74) is -0.155. The molecule has 2 N–H and O–H groups in total. The minimum atomic E-state index is -1.15. The predicted molar refractivity (Wildman–Crippen MR) is 71.1 cm³/mol. The van der Waals surface area contributed by atoms with Crippen LogP contribution in [0.4, 0.5) is 0 Å². The molecule has 1 saturated carbocycles. The van der Waals surface area contributed by atoms with Gasteiger partial charge in [-0.3, -0.25) is 4.79 Å². The number of carbonyl (C=O) groups is 2. The Morgan fingerprint density at radius 3 is 2.85 bits per heavy atom. The van der Waals surface area contributed by atoms with Crippen LogP contribution in [0.15, 0.2) is 6.20 Å². The van der Waals surface area contributed by atoms with Crippen LogP contribution < -0.4 is 5.32 Å². The number of aromatic nitrogens is 3. The Morgan fingerprint density at radius 2 is 2.20 bits per heavy atom. The molecule has 1 heterocycles. The molecule has 0 bridgehead atoms. The fourth-order valence-corrected chi connectivity index (χ4v) is 2.66. The van der Waals surface area contributed by atoms with Gasteiger partial charge in [0, 0.05) is 6.04 Å². The van der Waals surface area contributed by atoms with Crippen LogP contribution in [0.3, 0.4) is 0 Å². The topological polar surface area (TPSA) is 97.1 Å². The van der Waals surface area contributed by atoms with E-state index >= 15 is 0 Å². The molecule has 1 aromatic rings. The molecule has 1 aromatic heterocycles. The lowest BCUT2D eigenvalue weighted by Crippen LogP contribution is -2.44. The molecule has 1 aliphatic carbocycles. The number of hydrogen-bond donors (Lipinski definition) is 2. The summed E-state index contributed by atoms with van der Waals surface area (Å²) in [5.74, 6) is -0.235. The third-order valence-electron chi connectivity index (χ3n) is 4.12. The van der Waals surface area contributed by atoms with Gasteiger partial charge in [0.15, 0.2) is 5.69 Å². The van der Waals surface area contributed by atoms with E-state index in [1.807, 2.05) is 0 Å². The van der Waals surface area contributed by atoms with E-state index < -0.39 is 5.97 Å². The molecule has 20 heavy (non-hydrogen) atoms. The maximum Gasteiger partial charge on any atom is 0.358 e. The van der Waals surface area contributed by atoms with E-state index in [2.05, 4.69) is 29.5 Å². The fourth-order valence-electron chi connectivity index (χ4n) is 2.66. The first-order valence-corrected chi connectivity index (χ1v) is 6.90. The average molecular weight is 280 g/mol. The van der Waals surface area contributed by atoms with Crippen LogP contribution in [0, 0.1) is 11.8 Å². The number of nitrogens with zero attached hydrogens (tertiary/aromatic N) is 3. The highest BCUT2D eigenvalue weighted by atomic mass is 16.4. The largest absolute Gasteiger partial charge is 0.476 e. The van der Waals surface area contributed by atoms with E-state index in [0.717, 1.165) is 12.8 Å². The quantitative estimate of drug-likeness (QED) is 0.854. The van der Waals surface area contributed by atoms with Gasteiger partial charge in [-0.05, 0) is 18.3 Å². The summed E-state index contributed by atoms with van der Waals surface area (Å²) in [4.78, 5) is 22.6. The number of nitrogens with one attached hydrogen (secondary N) is 1. The van der Waals surface area contributed by atoms with Crippen molar-refractivity contribution in [1.29, 1.82) is 0 Å². The molecule has 0 aromatic carbocycles. The van der Waals surface area contributed by atoms with Crippen molar-refractivity contribution in [2.45, 2.75) is 45.7 Å². The van der Waals surface area contributed by atoms with Crippen molar-refractivity contribution in [1.82, 2.24) is 20.3 Å². The van der Waals surface area contributed by atoms with Crippen LogP contribution in [-0.4, -0.2) is 38.0 Å². The summed E-state index contributed by atoms with van der Waals surface area (Å²) >= 11 is 0. The number of carboxylic acids is 1. The second kappa shape index (κ2) is 6.02. The Kier molecular flexibility index (Phi) is 4.36. The van der Waals surface area contributed by atoms with Crippen LogP contribution in [0.1, 0.15) is 43.6 Å².